The van der Waals surface area contributed by atoms with Gasteiger partial charge in [-0.3, -0.25) is 9.59 Å². The Kier molecular flexibility index (Phi) is 5.52. The largest absolute Gasteiger partial charge is 0.318 e. The minimum Gasteiger partial charge on any atom is -0.318 e. The van der Waals surface area contributed by atoms with Crippen LogP contribution in [-0.2, 0) is 22.4 Å². The number of para-hydroxylation sites is 1. The maximum Gasteiger partial charge on any atom is 0.314 e. The summed E-state index contributed by atoms with van der Waals surface area (Å²) in [5.41, 5.74) is 4.47. The predicted molar refractivity (Wildman–Crippen MR) is 93.6 cm³/mol. The van der Waals surface area contributed by atoms with E-state index >= 15 is 0 Å². The van der Waals surface area contributed by atoms with E-state index in [9.17, 15) is 9.59 Å². The van der Waals surface area contributed by atoms with E-state index in [2.05, 4.69) is 17.6 Å². The van der Waals surface area contributed by atoms with Crippen LogP contribution in [0.2, 0.25) is 0 Å². The number of aryl methyl sites for hydroxylation is 3. The van der Waals surface area contributed by atoms with Crippen molar-refractivity contribution in [3.05, 3.63) is 59.2 Å². The van der Waals surface area contributed by atoms with Crippen molar-refractivity contribution in [1.82, 2.24) is 0 Å². The Bertz CT molecular complexity index is 706. The fourth-order valence-electron chi connectivity index (χ4n) is 2.38. The summed E-state index contributed by atoms with van der Waals surface area (Å²) < 4.78 is 0. The predicted octanol–water partition coefficient (Wildman–Crippen LogP) is 3.70. The average Bonchev–Trinajstić information content (AvgIpc) is 2.57. The van der Waals surface area contributed by atoms with Crippen LogP contribution in [0, 0.1) is 6.92 Å². The summed E-state index contributed by atoms with van der Waals surface area (Å²) in [6, 6.07) is 13.3. The van der Waals surface area contributed by atoms with Gasteiger partial charge in [-0.05, 0) is 48.6 Å². The van der Waals surface area contributed by atoms with Crippen molar-refractivity contribution in [2.24, 2.45) is 0 Å². The van der Waals surface area contributed by atoms with Crippen LogP contribution in [0.4, 0.5) is 11.4 Å². The van der Waals surface area contributed by atoms with E-state index in [4.69, 9.17) is 0 Å². The van der Waals surface area contributed by atoms with Gasteiger partial charge in [0.25, 0.3) is 0 Å². The number of carbonyl (C=O) groups is 2. The molecule has 2 aromatic carbocycles. The third kappa shape index (κ3) is 4.19. The van der Waals surface area contributed by atoms with Crippen LogP contribution in [0.1, 0.15) is 30.5 Å². The first-order valence-electron chi connectivity index (χ1n) is 7.84. The Morgan fingerprint density at radius 3 is 2.13 bits per heavy atom. The van der Waals surface area contributed by atoms with E-state index in [0.29, 0.717) is 5.69 Å². The molecule has 0 radical (unpaired) electrons. The fraction of sp³-hybridized carbons (Fsp3) is 0.263. The molecule has 0 fully saturated rings. The summed E-state index contributed by atoms with van der Waals surface area (Å²) >= 11 is 0. The van der Waals surface area contributed by atoms with Gasteiger partial charge in [0.1, 0.15) is 0 Å². The molecular formula is C19H22N2O2. The Hall–Kier alpha value is -2.62. The molecule has 2 N–H and O–H groups in total. The summed E-state index contributed by atoms with van der Waals surface area (Å²) in [5.74, 6) is -1.33. The minimum atomic E-state index is -0.667. The second-order valence-electron chi connectivity index (χ2n) is 5.42. The van der Waals surface area contributed by atoms with Crippen LogP contribution in [0.25, 0.3) is 0 Å². The standard InChI is InChI=1S/C19H22N2O2/c1-4-14-9-11-16(12-10-14)20-18(22)19(23)21-17-13(3)7-6-8-15(17)5-2/h6-12H,4-5H2,1-3H3,(H,20,22)(H,21,23). The molecule has 2 aromatic rings. The first-order valence-corrected chi connectivity index (χ1v) is 7.84. The van der Waals surface area contributed by atoms with Crippen LogP contribution in [0.5, 0.6) is 0 Å². The molecule has 0 aliphatic rings. The van der Waals surface area contributed by atoms with Crippen LogP contribution >= 0.6 is 0 Å². The van der Waals surface area contributed by atoms with Gasteiger partial charge in [-0.25, -0.2) is 0 Å². The van der Waals surface area contributed by atoms with Crippen molar-refractivity contribution < 1.29 is 9.59 Å². The number of benzene rings is 2. The second-order valence-corrected chi connectivity index (χ2v) is 5.42. The Morgan fingerprint density at radius 1 is 0.870 bits per heavy atom. The summed E-state index contributed by atoms with van der Waals surface area (Å²) in [4.78, 5) is 24.2. The quantitative estimate of drug-likeness (QED) is 0.846. The SMILES string of the molecule is CCc1ccc(NC(=O)C(=O)Nc2c(C)cccc2CC)cc1. The third-order valence-electron chi connectivity index (χ3n) is 3.80. The summed E-state index contributed by atoms with van der Waals surface area (Å²) in [7, 11) is 0. The molecule has 0 aromatic heterocycles. The van der Waals surface area contributed by atoms with Gasteiger partial charge < -0.3 is 10.6 Å². The molecule has 2 amide bonds. The van der Waals surface area contributed by atoms with Crippen LogP contribution in [-0.4, -0.2) is 11.8 Å². The Labute approximate surface area is 136 Å². The number of hydrogen-bond donors (Lipinski definition) is 2. The van der Waals surface area contributed by atoms with Crippen molar-refractivity contribution >= 4 is 23.2 Å². The molecule has 0 saturated heterocycles. The van der Waals surface area contributed by atoms with E-state index in [-0.39, 0.29) is 0 Å². The van der Waals surface area contributed by atoms with E-state index in [1.165, 1.54) is 5.56 Å². The normalized spacial score (nSPS) is 10.2. The van der Waals surface area contributed by atoms with Crippen molar-refractivity contribution in [2.75, 3.05) is 10.6 Å². The number of rotatable bonds is 4. The number of hydrogen-bond acceptors (Lipinski definition) is 2. The van der Waals surface area contributed by atoms with Crippen LogP contribution in [0.3, 0.4) is 0 Å². The summed E-state index contributed by atoms with van der Waals surface area (Å²) in [6.07, 6.45) is 1.72. The second kappa shape index (κ2) is 7.58. The average molecular weight is 310 g/mol. The molecule has 4 heteroatoms. The molecule has 2 rings (SSSR count). The zero-order chi connectivity index (χ0) is 16.8. The van der Waals surface area contributed by atoms with Crippen LogP contribution in [0.15, 0.2) is 42.5 Å². The van der Waals surface area contributed by atoms with Gasteiger partial charge in [0.2, 0.25) is 0 Å². The molecule has 0 bridgehead atoms. The molecule has 4 nitrogen and oxygen atoms in total. The monoisotopic (exact) mass is 310 g/mol. The molecule has 0 aliphatic carbocycles. The van der Waals surface area contributed by atoms with Gasteiger partial charge in [0.15, 0.2) is 0 Å². The summed E-state index contributed by atoms with van der Waals surface area (Å²) in [6.45, 7) is 5.99. The number of nitrogens with one attached hydrogen (secondary N) is 2. The topological polar surface area (TPSA) is 58.2 Å². The zero-order valence-electron chi connectivity index (χ0n) is 13.8. The molecule has 0 spiro atoms. The molecule has 0 saturated carbocycles. The van der Waals surface area contributed by atoms with Gasteiger partial charge in [-0.2, -0.15) is 0 Å². The van der Waals surface area contributed by atoms with Gasteiger partial charge >= 0.3 is 11.8 Å². The Balaban J connectivity index is 2.07. The van der Waals surface area contributed by atoms with Crippen LogP contribution < -0.4 is 10.6 Å². The highest BCUT2D eigenvalue weighted by atomic mass is 16.2. The first kappa shape index (κ1) is 16.7. The lowest BCUT2D eigenvalue weighted by molar-refractivity contribution is -0.133. The molecule has 0 atom stereocenters. The van der Waals surface area contributed by atoms with Gasteiger partial charge in [0.05, 0.1) is 0 Å². The molecule has 0 aliphatic heterocycles. The molecule has 23 heavy (non-hydrogen) atoms. The van der Waals surface area contributed by atoms with E-state index in [0.717, 1.165) is 29.7 Å². The third-order valence-corrected chi connectivity index (χ3v) is 3.80. The fourth-order valence-corrected chi connectivity index (χ4v) is 2.38. The van der Waals surface area contributed by atoms with Crippen molar-refractivity contribution in [1.29, 1.82) is 0 Å². The van der Waals surface area contributed by atoms with E-state index < -0.39 is 11.8 Å². The lowest BCUT2D eigenvalue weighted by atomic mass is 10.1. The van der Waals surface area contributed by atoms with Crippen molar-refractivity contribution in [3.63, 3.8) is 0 Å². The number of amides is 2. The van der Waals surface area contributed by atoms with E-state index in [1.807, 2.05) is 44.2 Å². The summed E-state index contributed by atoms with van der Waals surface area (Å²) in [5, 5.41) is 5.34. The number of carbonyl (C=O) groups excluding carboxylic acids is 2. The molecular weight excluding hydrogens is 288 g/mol. The zero-order valence-corrected chi connectivity index (χ0v) is 13.8. The minimum absolute atomic E-state index is 0.614. The highest BCUT2D eigenvalue weighted by Gasteiger charge is 2.16. The lowest BCUT2D eigenvalue weighted by Gasteiger charge is -2.13. The van der Waals surface area contributed by atoms with Gasteiger partial charge in [-0.1, -0.05) is 44.2 Å². The smallest absolute Gasteiger partial charge is 0.314 e. The van der Waals surface area contributed by atoms with Crippen molar-refractivity contribution in [3.8, 4) is 0 Å². The maximum atomic E-state index is 12.1. The lowest BCUT2D eigenvalue weighted by Crippen LogP contribution is -2.29. The first-order chi connectivity index (χ1) is 11.0. The van der Waals surface area contributed by atoms with Crippen molar-refractivity contribution in [2.45, 2.75) is 33.6 Å². The molecule has 0 heterocycles. The maximum absolute atomic E-state index is 12.1. The van der Waals surface area contributed by atoms with E-state index in [1.54, 1.807) is 12.1 Å². The highest BCUT2D eigenvalue weighted by Crippen LogP contribution is 2.21. The molecule has 120 valence electrons. The van der Waals surface area contributed by atoms with Gasteiger partial charge in [0, 0.05) is 11.4 Å². The molecule has 0 unspecified atom stereocenters. The Morgan fingerprint density at radius 2 is 1.52 bits per heavy atom. The van der Waals surface area contributed by atoms with Gasteiger partial charge in [-0.15, -0.1) is 0 Å². The number of anilines is 2. The highest BCUT2D eigenvalue weighted by molar-refractivity contribution is 6.43.